The monoisotopic (exact) mass is 206 g/mol. The molecule has 1 aromatic heterocycles. The van der Waals surface area contributed by atoms with E-state index in [0.717, 1.165) is 30.4 Å². The Balaban J connectivity index is 2.12. The minimum Gasteiger partial charge on any atom is -0.354 e. The van der Waals surface area contributed by atoms with E-state index in [1.165, 1.54) is 6.20 Å². The number of hydrogen-bond donors (Lipinski definition) is 0. The molecule has 2 rings (SSSR count). The Hall–Kier alpha value is -1.28. The average molecular weight is 206 g/mol. The van der Waals surface area contributed by atoms with Gasteiger partial charge in [-0.3, -0.25) is 0 Å². The van der Waals surface area contributed by atoms with Crippen LogP contribution in [0.1, 0.15) is 5.69 Å². The van der Waals surface area contributed by atoms with E-state index in [2.05, 4.69) is 14.9 Å². The summed E-state index contributed by atoms with van der Waals surface area (Å²) in [6, 6.07) is 1.96. The molecule has 0 aromatic carbocycles. The van der Waals surface area contributed by atoms with Crippen molar-refractivity contribution in [2.45, 2.75) is 0 Å². The predicted molar refractivity (Wildman–Crippen MR) is 56.3 cm³/mol. The van der Waals surface area contributed by atoms with E-state index >= 15 is 0 Å². The third kappa shape index (κ3) is 1.96. The Kier molecular flexibility index (Phi) is 2.84. The van der Waals surface area contributed by atoms with Crippen LogP contribution in [0.15, 0.2) is 12.4 Å². The molecule has 72 valence electrons. The minimum atomic E-state index is 0.375. The van der Waals surface area contributed by atoms with Crippen molar-refractivity contribution < 1.29 is 0 Å². The fourth-order valence-corrected chi connectivity index (χ4v) is 2.24. The summed E-state index contributed by atoms with van der Waals surface area (Å²) in [6.07, 6.45) is 3.20. The molecule has 14 heavy (non-hydrogen) atoms. The van der Waals surface area contributed by atoms with Gasteiger partial charge >= 0.3 is 0 Å². The van der Waals surface area contributed by atoms with Gasteiger partial charge in [-0.15, -0.1) is 0 Å². The highest BCUT2D eigenvalue weighted by Gasteiger charge is 2.12. The Morgan fingerprint density at radius 3 is 2.64 bits per heavy atom. The molecule has 0 N–H and O–H groups in total. The van der Waals surface area contributed by atoms with Gasteiger partial charge in [-0.2, -0.15) is 17.0 Å². The number of nitrogens with zero attached hydrogens (tertiary/aromatic N) is 4. The first kappa shape index (κ1) is 9.28. The highest BCUT2D eigenvalue weighted by molar-refractivity contribution is 7.99. The predicted octanol–water partition coefficient (Wildman–Crippen LogP) is 0.901. The third-order valence-corrected chi connectivity index (χ3v) is 3.03. The maximum absolute atomic E-state index is 8.57. The molecule has 1 aliphatic rings. The standard InChI is InChI=1S/C9H10N4S/c10-5-8-6-12-9(7-11-8)13-1-3-14-4-2-13/h6-7H,1-4H2. The van der Waals surface area contributed by atoms with Gasteiger partial charge in [0.05, 0.1) is 12.4 Å². The number of nitriles is 1. The minimum absolute atomic E-state index is 0.375. The van der Waals surface area contributed by atoms with Crippen LogP contribution in [0, 0.1) is 11.3 Å². The van der Waals surface area contributed by atoms with E-state index in [4.69, 9.17) is 5.26 Å². The lowest BCUT2D eigenvalue weighted by atomic mass is 10.4. The van der Waals surface area contributed by atoms with Crippen molar-refractivity contribution in [3.05, 3.63) is 18.1 Å². The van der Waals surface area contributed by atoms with Gasteiger partial charge in [0.15, 0.2) is 5.69 Å². The molecule has 0 unspecified atom stereocenters. The van der Waals surface area contributed by atoms with E-state index in [0.29, 0.717) is 5.69 Å². The van der Waals surface area contributed by atoms with Gasteiger partial charge in [-0.25, -0.2) is 9.97 Å². The number of rotatable bonds is 1. The number of hydrogen-bond acceptors (Lipinski definition) is 5. The van der Waals surface area contributed by atoms with Crippen molar-refractivity contribution in [1.29, 1.82) is 5.26 Å². The van der Waals surface area contributed by atoms with Crippen molar-refractivity contribution in [2.24, 2.45) is 0 Å². The van der Waals surface area contributed by atoms with Crippen molar-refractivity contribution in [1.82, 2.24) is 9.97 Å². The fourth-order valence-electron chi connectivity index (χ4n) is 1.33. The second-order valence-electron chi connectivity index (χ2n) is 2.97. The quantitative estimate of drug-likeness (QED) is 0.683. The van der Waals surface area contributed by atoms with E-state index in [1.54, 1.807) is 6.20 Å². The van der Waals surface area contributed by atoms with Crippen molar-refractivity contribution in [3.8, 4) is 6.07 Å². The van der Waals surface area contributed by atoms with Gasteiger partial charge in [0.2, 0.25) is 0 Å². The van der Waals surface area contributed by atoms with Crippen LogP contribution in [0.5, 0.6) is 0 Å². The largest absolute Gasteiger partial charge is 0.354 e. The zero-order valence-electron chi connectivity index (χ0n) is 7.68. The normalized spacial score (nSPS) is 16.4. The van der Waals surface area contributed by atoms with E-state index in [1.807, 2.05) is 17.8 Å². The Labute approximate surface area is 87.0 Å². The summed E-state index contributed by atoms with van der Waals surface area (Å²) >= 11 is 1.96. The fraction of sp³-hybridized carbons (Fsp3) is 0.444. The Morgan fingerprint density at radius 1 is 1.29 bits per heavy atom. The van der Waals surface area contributed by atoms with Crippen LogP contribution in [0.3, 0.4) is 0 Å². The molecular formula is C9H10N4S. The lowest BCUT2D eigenvalue weighted by molar-refractivity contribution is 0.833. The van der Waals surface area contributed by atoms with Crippen LogP contribution in [0.4, 0.5) is 5.82 Å². The van der Waals surface area contributed by atoms with Gasteiger partial charge in [-0.1, -0.05) is 0 Å². The Morgan fingerprint density at radius 2 is 2.07 bits per heavy atom. The second kappa shape index (κ2) is 4.29. The van der Waals surface area contributed by atoms with Crippen LogP contribution < -0.4 is 4.90 Å². The molecule has 4 nitrogen and oxygen atoms in total. The summed E-state index contributed by atoms with van der Waals surface area (Å²) in [5.41, 5.74) is 0.375. The molecule has 0 aliphatic carbocycles. The van der Waals surface area contributed by atoms with E-state index < -0.39 is 0 Å². The molecule has 0 amide bonds. The first-order chi connectivity index (χ1) is 6.90. The zero-order chi connectivity index (χ0) is 9.80. The number of thioether (sulfide) groups is 1. The van der Waals surface area contributed by atoms with Crippen molar-refractivity contribution in [2.75, 3.05) is 29.5 Å². The average Bonchev–Trinajstić information content (AvgIpc) is 2.30. The molecule has 0 bridgehead atoms. The van der Waals surface area contributed by atoms with Crippen LogP contribution in [0.25, 0.3) is 0 Å². The lowest BCUT2D eigenvalue weighted by Gasteiger charge is -2.26. The molecule has 1 fully saturated rings. The van der Waals surface area contributed by atoms with Crippen molar-refractivity contribution >= 4 is 17.6 Å². The zero-order valence-corrected chi connectivity index (χ0v) is 8.50. The molecule has 1 saturated heterocycles. The first-order valence-corrected chi connectivity index (χ1v) is 5.60. The molecule has 5 heteroatoms. The summed E-state index contributed by atoms with van der Waals surface area (Å²) in [5, 5.41) is 8.57. The van der Waals surface area contributed by atoms with Gasteiger partial charge in [-0.05, 0) is 0 Å². The summed E-state index contributed by atoms with van der Waals surface area (Å²) in [5.74, 6) is 3.16. The second-order valence-corrected chi connectivity index (χ2v) is 4.20. The summed E-state index contributed by atoms with van der Waals surface area (Å²) in [6.45, 7) is 2.04. The third-order valence-electron chi connectivity index (χ3n) is 2.09. The van der Waals surface area contributed by atoms with Gasteiger partial charge in [0.25, 0.3) is 0 Å². The van der Waals surface area contributed by atoms with Gasteiger partial charge in [0, 0.05) is 24.6 Å². The van der Waals surface area contributed by atoms with Gasteiger partial charge < -0.3 is 4.90 Å². The molecule has 1 aromatic rings. The molecule has 1 aliphatic heterocycles. The van der Waals surface area contributed by atoms with E-state index in [-0.39, 0.29) is 0 Å². The van der Waals surface area contributed by atoms with Crippen molar-refractivity contribution in [3.63, 3.8) is 0 Å². The van der Waals surface area contributed by atoms with E-state index in [9.17, 15) is 0 Å². The first-order valence-electron chi connectivity index (χ1n) is 4.45. The van der Waals surface area contributed by atoms with Crippen LogP contribution in [-0.2, 0) is 0 Å². The molecule has 0 atom stereocenters. The number of aromatic nitrogens is 2. The topological polar surface area (TPSA) is 52.8 Å². The lowest BCUT2D eigenvalue weighted by Crippen LogP contribution is -2.33. The highest BCUT2D eigenvalue weighted by Crippen LogP contribution is 2.15. The molecular weight excluding hydrogens is 196 g/mol. The SMILES string of the molecule is N#Cc1cnc(N2CCSCC2)cn1. The summed E-state index contributed by atoms with van der Waals surface area (Å²) in [4.78, 5) is 10.4. The van der Waals surface area contributed by atoms with Gasteiger partial charge in [0.1, 0.15) is 11.9 Å². The summed E-state index contributed by atoms with van der Waals surface area (Å²) in [7, 11) is 0. The maximum atomic E-state index is 8.57. The summed E-state index contributed by atoms with van der Waals surface area (Å²) < 4.78 is 0. The van der Waals surface area contributed by atoms with Crippen LogP contribution in [0.2, 0.25) is 0 Å². The molecule has 0 radical (unpaired) electrons. The highest BCUT2D eigenvalue weighted by atomic mass is 32.2. The van der Waals surface area contributed by atoms with Crippen LogP contribution >= 0.6 is 11.8 Å². The molecule has 0 saturated carbocycles. The maximum Gasteiger partial charge on any atom is 0.158 e. The molecule has 0 spiro atoms. The molecule has 2 heterocycles. The van der Waals surface area contributed by atoms with Crippen LogP contribution in [-0.4, -0.2) is 34.6 Å². The smallest absolute Gasteiger partial charge is 0.158 e. The Bertz CT molecular complexity index is 337. The number of anilines is 1.